The third-order valence-corrected chi connectivity index (χ3v) is 3.62. The fourth-order valence-electron chi connectivity index (χ4n) is 2.70. The van der Waals surface area contributed by atoms with Gasteiger partial charge in [-0.2, -0.15) is 0 Å². The van der Waals surface area contributed by atoms with Crippen LogP contribution in [0.15, 0.2) is 53.3 Å². The van der Waals surface area contributed by atoms with Crippen LogP contribution in [0.1, 0.15) is 0 Å². The van der Waals surface area contributed by atoms with Crippen LogP contribution < -0.4 is 5.56 Å². The van der Waals surface area contributed by atoms with E-state index < -0.39 is 4.92 Å². The third-order valence-electron chi connectivity index (χ3n) is 3.62. The van der Waals surface area contributed by atoms with Crippen molar-refractivity contribution in [3.05, 3.63) is 69.0 Å². The Morgan fingerprint density at radius 2 is 1.81 bits per heavy atom. The third kappa shape index (κ3) is 1.56. The Morgan fingerprint density at radius 1 is 1.00 bits per heavy atom. The number of hydrogen-bond acceptors (Lipinski definition) is 3. The second-order valence-corrected chi connectivity index (χ2v) is 4.84. The summed E-state index contributed by atoms with van der Waals surface area (Å²) in [5.41, 5.74) is 2.29. The van der Waals surface area contributed by atoms with Crippen molar-refractivity contribution in [3.8, 4) is 0 Å². The van der Waals surface area contributed by atoms with E-state index in [2.05, 4.69) is 4.98 Å². The smallest absolute Gasteiger partial charge is 0.272 e. The molecule has 0 spiro atoms. The molecule has 102 valence electrons. The number of nitrogens with zero attached hydrogens (tertiary/aromatic N) is 2. The summed E-state index contributed by atoms with van der Waals surface area (Å²) < 4.78 is 1.83. The summed E-state index contributed by atoms with van der Waals surface area (Å²) in [4.78, 5) is 25.3. The number of aromatic nitrogens is 2. The van der Waals surface area contributed by atoms with Gasteiger partial charge in [0.05, 0.1) is 21.5 Å². The highest BCUT2D eigenvalue weighted by molar-refractivity contribution is 5.93. The lowest BCUT2D eigenvalue weighted by atomic mass is 10.2. The van der Waals surface area contributed by atoms with Gasteiger partial charge in [-0.1, -0.05) is 18.2 Å². The van der Waals surface area contributed by atoms with Gasteiger partial charge in [0, 0.05) is 17.5 Å². The van der Waals surface area contributed by atoms with Crippen molar-refractivity contribution in [2.75, 3.05) is 0 Å². The molecular weight excluding hydrogens is 270 g/mol. The monoisotopic (exact) mass is 279 g/mol. The molecule has 0 fully saturated rings. The van der Waals surface area contributed by atoms with E-state index >= 15 is 0 Å². The van der Waals surface area contributed by atoms with E-state index in [0.717, 1.165) is 16.4 Å². The van der Waals surface area contributed by atoms with Crippen molar-refractivity contribution in [1.29, 1.82) is 0 Å². The largest absolute Gasteiger partial charge is 0.319 e. The number of hydrogen-bond donors (Lipinski definition) is 1. The first kappa shape index (κ1) is 11.7. The van der Waals surface area contributed by atoms with E-state index in [-0.39, 0.29) is 11.2 Å². The molecule has 2 aromatic heterocycles. The Bertz CT molecular complexity index is 1090. The molecule has 4 aromatic rings. The van der Waals surface area contributed by atoms with Gasteiger partial charge < -0.3 is 9.38 Å². The predicted molar refractivity (Wildman–Crippen MR) is 79.7 cm³/mol. The molecule has 0 atom stereocenters. The van der Waals surface area contributed by atoms with Crippen LogP contribution in [0.3, 0.4) is 0 Å². The molecule has 2 aromatic carbocycles. The highest BCUT2D eigenvalue weighted by Crippen LogP contribution is 2.24. The van der Waals surface area contributed by atoms with E-state index in [9.17, 15) is 14.9 Å². The normalized spacial score (nSPS) is 11.4. The van der Waals surface area contributed by atoms with Crippen LogP contribution in [-0.2, 0) is 0 Å². The molecule has 21 heavy (non-hydrogen) atoms. The predicted octanol–water partition coefficient (Wildman–Crippen LogP) is 2.84. The summed E-state index contributed by atoms with van der Waals surface area (Å²) >= 11 is 0. The van der Waals surface area contributed by atoms with Crippen LogP contribution in [0.2, 0.25) is 0 Å². The summed E-state index contributed by atoms with van der Waals surface area (Å²) in [7, 11) is 0. The average Bonchev–Trinajstić information content (AvgIpc) is 2.87. The SMILES string of the molecule is O=c1[nH]c2cc([N+](=O)[O-])ccc2n2c1cc1ccccc12. The highest BCUT2D eigenvalue weighted by atomic mass is 16.6. The van der Waals surface area contributed by atoms with E-state index in [0.29, 0.717) is 11.0 Å². The fourth-order valence-corrected chi connectivity index (χ4v) is 2.70. The number of non-ortho nitro benzene ring substituents is 1. The standard InChI is InChI=1S/C15H9N3O3/c19-15-14-7-9-3-1-2-4-12(9)17(14)13-6-5-10(18(20)21)8-11(13)16-15/h1-8H,(H,16,19). The van der Waals surface area contributed by atoms with Crippen LogP contribution in [0.25, 0.3) is 27.5 Å². The molecule has 6 nitrogen and oxygen atoms in total. The van der Waals surface area contributed by atoms with Gasteiger partial charge in [0.2, 0.25) is 0 Å². The lowest BCUT2D eigenvalue weighted by molar-refractivity contribution is -0.384. The van der Waals surface area contributed by atoms with Crippen molar-refractivity contribution in [2.24, 2.45) is 0 Å². The van der Waals surface area contributed by atoms with Gasteiger partial charge in [-0.3, -0.25) is 14.9 Å². The molecular formula is C15H9N3O3. The Labute approximate surface area is 117 Å². The highest BCUT2D eigenvalue weighted by Gasteiger charge is 2.12. The minimum absolute atomic E-state index is 0.0473. The van der Waals surface area contributed by atoms with E-state index in [1.165, 1.54) is 12.1 Å². The van der Waals surface area contributed by atoms with Gasteiger partial charge in [0.15, 0.2) is 0 Å². The maximum atomic E-state index is 12.2. The molecule has 0 aliphatic carbocycles. The molecule has 0 saturated carbocycles. The number of nitro benzene ring substituents is 1. The summed E-state index contributed by atoms with van der Waals surface area (Å²) in [6.45, 7) is 0. The summed E-state index contributed by atoms with van der Waals surface area (Å²) in [5.74, 6) is 0. The maximum Gasteiger partial charge on any atom is 0.272 e. The minimum atomic E-state index is -0.476. The van der Waals surface area contributed by atoms with Crippen LogP contribution in [0, 0.1) is 10.1 Å². The first-order valence-corrected chi connectivity index (χ1v) is 6.36. The molecule has 0 aliphatic heterocycles. The molecule has 0 unspecified atom stereocenters. The molecule has 0 saturated heterocycles. The van der Waals surface area contributed by atoms with Crippen molar-refractivity contribution in [3.63, 3.8) is 0 Å². The van der Waals surface area contributed by atoms with Crippen LogP contribution in [-0.4, -0.2) is 14.3 Å². The lowest BCUT2D eigenvalue weighted by Crippen LogP contribution is -2.09. The number of nitro groups is 1. The van der Waals surface area contributed by atoms with Crippen LogP contribution in [0.4, 0.5) is 5.69 Å². The van der Waals surface area contributed by atoms with Crippen molar-refractivity contribution >= 4 is 33.1 Å². The van der Waals surface area contributed by atoms with Crippen molar-refractivity contribution < 1.29 is 4.92 Å². The number of fused-ring (bicyclic) bond motifs is 5. The maximum absolute atomic E-state index is 12.2. The zero-order chi connectivity index (χ0) is 14.6. The average molecular weight is 279 g/mol. The molecule has 2 heterocycles. The second-order valence-electron chi connectivity index (χ2n) is 4.84. The van der Waals surface area contributed by atoms with Gasteiger partial charge in [-0.25, -0.2) is 0 Å². The number of H-pyrrole nitrogens is 1. The Morgan fingerprint density at radius 3 is 2.62 bits per heavy atom. The van der Waals surface area contributed by atoms with Crippen LogP contribution in [0.5, 0.6) is 0 Å². The lowest BCUT2D eigenvalue weighted by Gasteiger charge is -2.04. The number of rotatable bonds is 1. The second kappa shape index (κ2) is 3.92. The molecule has 0 bridgehead atoms. The van der Waals surface area contributed by atoms with Gasteiger partial charge in [0.1, 0.15) is 5.52 Å². The number of aromatic amines is 1. The van der Waals surface area contributed by atoms with Gasteiger partial charge in [-0.05, 0) is 18.2 Å². The quantitative estimate of drug-likeness (QED) is 0.429. The first-order chi connectivity index (χ1) is 10.1. The molecule has 4 rings (SSSR count). The Kier molecular flexibility index (Phi) is 2.18. The van der Waals surface area contributed by atoms with Gasteiger partial charge >= 0.3 is 0 Å². The first-order valence-electron chi connectivity index (χ1n) is 6.36. The number of para-hydroxylation sites is 1. The molecule has 1 N–H and O–H groups in total. The van der Waals surface area contributed by atoms with Gasteiger partial charge in [-0.15, -0.1) is 0 Å². The minimum Gasteiger partial charge on any atom is -0.319 e. The van der Waals surface area contributed by atoms with Gasteiger partial charge in [0.25, 0.3) is 11.2 Å². The summed E-state index contributed by atoms with van der Waals surface area (Å²) in [5, 5.41) is 11.8. The molecule has 0 aliphatic rings. The van der Waals surface area contributed by atoms with Crippen molar-refractivity contribution in [2.45, 2.75) is 0 Å². The Balaban J connectivity index is 2.27. The number of benzene rings is 2. The van der Waals surface area contributed by atoms with E-state index in [1.54, 1.807) is 6.07 Å². The van der Waals surface area contributed by atoms with Crippen LogP contribution >= 0.6 is 0 Å². The van der Waals surface area contributed by atoms with Crippen molar-refractivity contribution in [1.82, 2.24) is 9.38 Å². The van der Waals surface area contributed by atoms with E-state index in [4.69, 9.17) is 0 Å². The topological polar surface area (TPSA) is 80.4 Å². The molecule has 0 radical (unpaired) electrons. The zero-order valence-electron chi connectivity index (χ0n) is 10.7. The molecule has 0 amide bonds. The number of nitrogens with one attached hydrogen (secondary N) is 1. The van der Waals surface area contributed by atoms with E-state index in [1.807, 2.05) is 34.7 Å². The molecule has 6 heteroatoms. The zero-order valence-corrected chi connectivity index (χ0v) is 10.7. The summed E-state index contributed by atoms with van der Waals surface area (Å²) in [6, 6.07) is 13.9. The Hall–Kier alpha value is -3.15. The summed E-state index contributed by atoms with van der Waals surface area (Å²) in [6.07, 6.45) is 0. The fraction of sp³-hybridized carbons (Fsp3) is 0.